The van der Waals surface area contributed by atoms with Crippen LogP contribution < -0.4 is 20.3 Å². The van der Waals surface area contributed by atoms with Gasteiger partial charge in [0, 0.05) is 18.7 Å². The summed E-state index contributed by atoms with van der Waals surface area (Å²) < 4.78 is 45.1. The molecule has 1 aliphatic heterocycles. The van der Waals surface area contributed by atoms with E-state index in [0.29, 0.717) is 24.1 Å². The lowest BCUT2D eigenvalue weighted by atomic mass is 10.1. The Balaban J connectivity index is 1.53. The third-order valence-electron chi connectivity index (χ3n) is 4.69. The number of anilines is 2. The Labute approximate surface area is 176 Å². The van der Waals surface area contributed by atoms with Gasteiger partial charge in [0.15, 0.2) is 17.5 Å². The van der Waals surface area contributed by atoms with Crippen LogP contribution in [0.5, 0.6) is 5.75 Å². The minimum atomic E-state index is -1.71. The summed E-state index contributed by atoms with van der Waals surface area (Å²) in [6.07, 6.45) is -0.0293. The molecule has 1 saturated heterocycles. The third-order valence-corrected chi connectivity index (χ3v) is 4.69. The summed E-state index contributed by atoms with van der Waals surface area (Å²) >= 11 is 0. The van der Waals surface area contributed by atoms with Gasteiger partial charge in [0.2, 0.25) is 17.7 Å². The molecule has 0 bridgehead atoms. The summed E-state index contributed by atoms with van der Waals surface area (Å²) in [6, 6.07) is 8.42. The van der Waals surface area contributed by atoms with Crippen LogP contribution in [0.1, 0.15) is 13.3 Å². The molecule has 2 aromatic rings. The quantitative estimate of drug-likeness (QED) is 0.655. The first-order valence-electron chi connectivity index (χ1n) is 9.54. The van der Waals surface area contributed by atoms with E-state index in [1.54, 1.807) is 24.3 Å². The molecule has 1 atom stereocenters. The average Bonchev–Trinajstić information content (AvgIpc) is 3.15. The van der Waals surface area contributed by atoms with Gasteiger partial charge < -0.3 is 20.3 Å². The summed E-state index contributed by atoms with van der Waals surface area (Å²) in [6.45, 7) is 1.99. The predicted octanol–water partition coefficient (Wildman–Crippen LogP) is 2.61. The SMILES string of the molecule is CCOc1ccc(N2C[C@H](C(=O)NCC(=O)Nc3ccc(F)c(F)c3F)CC2=O)cc1. The maximum atomic E-state index is 13.6. The zero-order valence-electron chi connectivity index (χ0n) is 16.6. The van der Waals surface area contributed by atoms with E-state index in [9.17, 15) is 27.6 Å². The molecule has 164 valence electrons. The van der Waals surface area contributed by atoms with E-state index in [-0.39, 0.29) is 18.9 Å². The molecule has 0 unspecified atom stereocenters. The fraction of sp³-hybridized carbons (Fsp3) is 0.286. The number of hydrogen-bond acceptors (Lipinski definition) is 4. The summed E-state index contributed by atoms with van der Waals surface area (Å²) in [5.41, 5.74) is 0.0752. The third kappa shape index (κ3) is 5.14. The van der Waals surface area contributed by atoms with Crippen molar-refractivity contribution in [3.05, 3.63) is 53.8 Å². The number of carbonyl (C=O) groups is 3. The largest absolute Gasteiger partial charge is 0.494 e. The molecule has 3 amide bonds. The lowest BCUT2D eigenvalue weighted by molar-refractivity contribution is -0.127. The fourth-order valence-electron chi connectivity index (χ4n) is 3.15. The summed E-state index contributed by atoms with van der Waals surface area (Å²) in [7, 11) is 0. The van der Waals surface area contributed by atoms with Crippen LogP contribution in [0.2, 0.25) is 0 Å². The maximum Gasteiger partial charge on any atom is 0.243 e. The summed E-state index contributed by atoms with van der Waals surface area (Å²) in [5.74, 6) is -6.23. The van der Waals surface area contributed by atoms with E-state index in [1.807, 2.05) is 6.92 Å². The highest BCUT2D eigenvalue weighted by molar-refractivity contribution is 6.01. The van der Waals surface area contributed by atoms with E-state index < -0.39 is 47.4 Å². The molecule has 2 N–H and O–H groups in total. The molecule has 31 heavy (non-hydrogen) atoms. The van der Waals surface area contributed by atoms with Crippen molar-refractivity contribution in [2.75, 3.05) is 29.9 Å². The fourth-order valence-corrected chi connectivity index (χ4v) is 3.15. The lowest BCUT2D eigenvalue weighted by Crippen LogP contribution is -2.38. The molecular weight excluding hydrogens is 415 g/mol. The van der Waals surface area contributed by atoms with Gasteiger partial charge in [0.05, 0.1) is 24.8 Å². The van der Waals surface area contributed by atoms with Crippen molar-refractivity contribution >= 4 is 29.1 Å². The second-order valence-corrected chi connectivity index (χ2v) is 6.82. The second kappa shape index (κ2) is 9.50. The standard InChI is InChI=1S/C21H20F3N3O4/c1-2-31-14-5-3-13(4-6-14)27-11-12(9-18(27)29)21(30)25-10-17(28)26-16-8-7-15(22)19(23)20(16)24/h3-8,12H,2,9-11H2,1H3,(H,25,30)(H,26,28)/t12-/m1/s1. The van der Waals surface area contributed by atoms with Crippen molar-refractivity contribution in [3.8, 4) is 5.75 Å². The van der Waals surface area contributed by atoms with Crippen molar-refractivity contribution in [1.29, 1.82) is 0 Å². The van der Waals surface area contributed by atoms with Crippen molar-refractivity contribution in [3.63, 3.8) is 0 Å². The number of nitrogens with zero attached hydrogens (tertiary/aromatic N) is 1. The Morgan fingerprint density at radius 2 is 1.81 bits per heavy atom. The van der Waals surface area contributed by atoms with Crippen molar-refractivity contribution in [2.24, 2.45) is 5.92 Å². The van der Waals surface area contributed by atoms with Gasteiger partial charge in [0.25, 0.3) is 0 Å². The number of amides is 3. The second-order valence-electron chi connectivity index (χ2n) is 6.82. The number of hydrogen-bond donors (Lipinski definition) is 2. The number of nitrogens with one attached hydrogen (secondary N) is 2. The average molecular weight is 435 g/mol. The molecule has 7 nitrogen and oxygen atoms in total. The summed E-state index contributed by atoms with van der Waals surface area (Å²) in [5, 5.41) is 4.43. The molecule has 1 aliphatic rings. The molecule has 0 saturated carbocycles. The number of ether oxygens (including phenoxy) is 1. The van der Waals surface area contributed by atoms with Crippen molar-refractivity contribution in [1.82, 2.24) is 5.32 Å². The van der Waals surface area contributed by atoms with Crippen LogP contribution in [0.4, 0.5) is 24.5 Å². The number of rotatable bonds is 7. The first kappa shape index (κ1) is 22.1. The molecular formula is C21H20F3N3O4. The minimum absolute atomic E-state index is 0.0293. The van der Waals surface area contributed by atoms with Crippen molar-refractivity contribution in [2.45, 2.75) is 13.3 Å². The summed E-state index contributed by atoms with van der Waals surface area (Å²) in [4.78, 5) is 38.0. The monoisotopic (exact) mass is 435 g/mol. The number of halogens is 3. The minimum Gasteiger partial charge on any atom is -0.494 e. The topological polar surface area (TPSA) is 87.7 Å². The number of benzene rings is 2. The molecule has 1 fully saturated rings. The first-order chi connectivity index (χ1) is 14.8. The molecule has 1 heterocycles. The zero-order valence-corrected chi connectivity index (χ0v) is 16.6. The smallest absolute Gasteiger partial charge is 0.243 e. The Hall–Kier alpha value is -3.56. The highest BCUT2D eigenvalue weighted by Gasteiger charge is 2.35. The van der Waals surface area contributed by atoms with E-state index in [1.165, 1.54) is 4.90 Å². The number of carbonyl (C=O) groups excluding carboxylic acids is 3. The first-order valence-corrected chi connectivity index (χ1v) is 9.54. The van der Waals surface area contributed by atoms with Gasteiger partial charge in [-0.2, -0.15) is 0 Å². The zero-order chi connectivity index (χ0) is 22.5. The van der Waals surface area contributed by atoms with Gasteiger partial charge in [-0.1, -0.05) is 0 Å². The van der Waals surface area contributed by atoms with Crippen LogP contribution >= 0.6 is 0 Å². The normalized spacial score (nSPS) is 15.7. The van der Waals surface area contributed by atoms with Gasteiger partial charge in [-0.15, -0.1) is 0 Å². The van der Waals surface area contributed by atoms with Gasteiger partial charge in [-0.25, -0.2) is 13.2 Å². The van der Waals surface area contributed by atoms with Gasteiger partial charge in [0.1, 0.15) is 5.75 Å². The van der Waals surface area contributed by atoms with E-state index in [2.05, 4.69) is 10.6 Å². The van der Waals surface area contributed by atoms with E-state index in [0.717, 1.165) is 6.07 Å². The Bertz CT molecular complexity index is 998. The molecule has 0 aliphatic carbocycles. The molecule has 0 radical (unpaired) electrons. The van der Waals surface area contributed by atoms with Gasteiger partial charge in [-0.3, -0.25) is 14.4 Å². The van der Waals surface area contributed by atoms with Gasteiger partial charge in [-0.05, 0) is 43.3 Å². The Kier molecular flexibility index (Phi) is 6.78. The van der Waals surface area contributed by atoms with Crippen LogP contribution in [0.15, 0.2) is 36.4 Å². The Morgan fingerprint density at radius 3 is 2.48 bits per heavy atom. The molecule has 3 rings (SSSR count). The highest BCUT2D eigenvalue weighted by Crippen LogP contribution is 2.27. The van der Waals surface area contributed by atoms with Crippen molar-refractivity contribution < 1.29 is 32.3 Å². The van der Waals surface area contributed by atoms with Crippen LogP contribution in [0.3, 0.4) is 0 Å². The van der Waals surface area contributed by atoms with Crippen LogP contribution in [-0.4, -0.2) is 37.4 Å². The van der Waals surface area contributed by atoms with Crippen LogP contribution in [0, 0.1) is 23.4 Å². The molecule has 0 spiro atoms. The molecule has 2 aromatic carbocycles. The predicted molar refractivity (Wildman–Crippen MR) is 106 cm³/mol. The van der Waals surface area contributed by atoms with Crippen LogP contribution in [0.25, 0.3) is 0 Å². The Morgan fingerprint density at radius 1 is 1.10 bits per heavy atom. The van der Waals surface area contributed by atoms with Gasteiger partial charge >= 0.3 is 0 Å². The molecule has 10 heteroatoms. The maximum absolute atomic E-state index is 13.6. The highest BCUT2D eigenvalue weighted by atomic mass is 19.2. The van der Waals surface area contributed by atoms with E-state index >= 15 is 0 Å². The van der Waals surface area contributed by atoms with E-state index in [4.69, 9.17) is 4.74 Å². The lowest BCUT2D eigenvalue weighted by Gasteiger charge is -2.17. The van der Waals surface area contributed by atoms with Crippen LogP contribution in [-0.2, 0) is 14.4 Å². The molecule has 0 aromatic heterocycles.